The highest BCUT2D eigenvalue weighted by Crippen LogP contribution is 2.01. The number of aliphatic imine (C=N–C) groups is 1. The van der Waals surface area contributed by atoms with Gasteiger partial charge in [0.05, 0.1) is 6.54 Å². The highest BCUT2D eigenvalue weighted by Gasteiger charge is 1.94. The van der Waals surface area contributed by atoms with E-state index in [0.717, 1.165) is 12.1 Å². The molecule has 0 aliphatic carbocycles. The molecule has 0 fully saturated rings. The molecule has 0 aliphatic rings. The topological polar surface area (TPSA) is 49.1 Å². The van der Waals surface area contributed by atoms with Crippen LogP contribution < -0.4 is 0 Å². The van der Waals surface area contributed by atoms with Crippen LogP contribution in [0.1, 0.15) is 11.3 Å². The van der Waals surface area contributed by atoms with Crippen molar-refractivity contribution in [3.63, 3.8) is 0 Å². The molecule has 1 rings (SSSR count). The van der Waals surface area contributed by atoms with Crippen molar-refractivity contribution in [3.05, 3.63) is 42.2 Å². The molecule has 0 saturated heterocycles. The lowest BCUT2D eigenvalue weighted by atomic mass is 10.1. The first kappa shape index (κ1) is 11.3. The molecular weight excluding hydrogens is 186 g/mol. The zero-order valence-corrected chi connectivity index (χ0v) is 8.69. The zero-order valence-electron chi connectivity index (χ0n) is 8.69. The quantitative estimate of drug-likeness (QED) is 0.556. The number of hydrogen-bond donors (Lipinski definition) is 1. The first-order chi connectivity index (χ1) is 7.36. The van der Waals surface area contributed by atoms with Crippen LogP contribution in [0, 0.1) is 5.41 Å². The Morgan fingerprint density at radius 2 is 2.33 bits per heavy atom. The predicted molar refractivity (Wildman–Crippen MR) is 64.0 cm³/mol. The van der Waals surface area contributed by atoms with Crippen molar-refractivity contribution in [2.45, 2.75) is 12.8 Å². The summed E-state index contributed by atoms with van der Waals surface area (Å²) in [4.78, 5) is 8.31. The maximum atomic E-state index is 7.00. The van der Waals surface area contributed by atoms with Gasteiger partial charge in [-0.05, 0) is 17.7 Å². The fourth-order valence-corrected chi connectivity index (χ4v) is 1.19. The molecule has 1 heterocycles. The summed E-state index contributed by atoms with van der Waals surface area (Å²) in [6.07, 6.45) is 8.18. The lowest BCUT2D eigenvalue weighted by Crippen LogP contribution is -1.94. The molecule has 0 atom stereocenters. The minimum atomic E-state index is 0.595. The van der Waals surface area contributed by atoms with E-state index in [9.17, 15) is 0 Å². The first-order valence-electron chi connectivity index (χ1n) is 4.88. The highest BCUT2D eigenvalue weighted by molar-refractivity contribution is 5.62. The van der Waals surface area contributed by atoms with E-state index < -0.39 is 0 Å². The van der Waals surface area contributed by atoms with Crippen molar-refractivity contribution >= 4 is 12.4 Å². The van der Waals surface area contributed by atoms with Gasteiger partial charge in [0, 0.05) is 37.2 Å². The van der Waals surface area contributed by atoms with Crippen LogP contribution in [0.2, 0.25) is 0 Å². The smallest absolute Gasteiger partial charge is 0.0563 e. The summed E-state index contributed by atoms with van der Waals surface area (Å²) >= 11 is 0. The van der Waals surface area contributed by atoms with Crippen molar-refractivity contribution in [1.29, 1.82) is 5.41 Å². The molecule has 0 amide bonds. The van der Waals surface area contributed by atoms with Crippen molar-refractivity contribution < 1.29 is 0 Å². The molecule has 0 aliphatic heterocycles. The Hall–Kier alpha value is -1.77. The maximum Gasteiger partial charge on any atom is 0.0563 e. The van der Waals surface area contributed by atoms with Crippen molar-refractivity contribution in [1.82, 2.24) is 4.98 Å². The lowest BCUT2D eigenvalue weighted by Gasteiger charge is -1.98. The van der Waals surface area contributed by atoms with Crippen LogP contribution in [0.5, 0.6) is 0 Å². The molecular formula is C12H15N3. The average molecular weight is 201 g/mol. The molecule has 3 nitrogen and oxygen atoms in total. The van der Waals surface area contributed by atoms with Gasteiger partial charge in [0.2, 0.25) is 0 Å². The minimum Gasteiger partial charge on any atom is -0.313 e. The molecule has 1 aromatic heterocycles. The normalized spacial score (nSPS) is 10.4. The van der Waals surface area contributed by atoms with Crippen LogP contribution in [0.15, 0.2) is 36.0 Å². The molecule has 0 radical (unpaired) electrons. The van der Waals surface area contributed by atoms with E-state index in [4.69, 9.17) is 5.41 Å². The van der Waals surface area contributed by atoms with Crippen molar-refractivity contribution in [3.8, 4) is 0 Å². The second kappa shape index (κ2) is 6.65. The predicted octanol–water partition coefficient (Wildman–Crippen LogP) is 2.07. The third-order valence-electron chi connectivity index (χ3n) is 1.88. The number of hydrogen-bond acceptors (Lipinski definition) is 3. The highest BCUT2D eigenvalue weighted by atomic mass is 14.7. The molecule has 3 heteroatoms. The van der Waals surface area contributed by atoms with E-state index in [1.165, 1.54) is 11.8 Å². The van der Waals surface area contributed by atoms with Crippen LogP contribution >= 0.6 is 0 Å². The molecule has 0 saturated carbocycles. The number of rotatable bonds is 6. The van der Waals surface area contributed by atoms with Crippen LogP contribution in [-0.4, -0.2) is 24.0 Å². The van der Waals surface area contributed by atoms with Gasteiger partial charge >= 0.3 is 0 Å². The number of nitrogens with one attached hydrogen (secondary N) is 1. The van der Waals surface area contributed by atoms with E-state index in [0.29, 0.717) is 13.0 Å². The summed E-state index contributed by atoms with van der Waals surface area (Å²) in [5.41, 5.74) is 2.11. The van der Waals surface area contributed by atoms with E-state index in [2.05, 4.69) is 16.6 Å². The monoisotopic (exact) mass is 201 g/mol. The second-order valence-corrected chi connectivity index (χ2v) is 3.10. The molecule has 1 N–H and O–H groups in total. The molecule has 1 aromatic rings. The van der Waals surface area contributed by atoms with Crippen LogP contribution in [0.3, 0.4) is 0 Å². The SMILES string of the molecule is C=CCN=CCc1ccnc(CC=N)c1. The van der Waals surface area contributed by atoms with Gasteiger partial charge in [0.1, 0.15) is 0 Å². The third kappa shape index (κ3) is 4.31. The van der Waals surface area contributed by atoms with E-state index in [-0.39, 0.29) is 0 Å². The Bertz CT molecular complexity index is 356. The summed E-state index contributed by atoms with van der Waals surface area (Å²) < 4.78 is 0. The first-order valence-corrected chi connectivity index (χ1v) is 4.88. The van der Waals surface area contributed by atoms with Crippen molar-refractivity contribution in [2.24, 2.45) is 4.99 Å². The lowest BCUT2D eigenvalue weighted by molar-refractivity contribution is 1.12. The zero-order chi connectivity index (χ0) is 10.9. The molecule has 0 bridgehead atoms. The summed E-state index contributed by atoms with van der Waals surface area (Å²) in [6, 6.07) is 3.97. The maximum absolute atomic E-state index is 7.00. The Morgan fingerprint density at radius 1 is 1.47 bits per heavy atom. The van der Waals surface area contributed by atoms with Gasteiger partial charge in [-0.15, -0.1) is 6.58 Å². The van der Waals surface area contributed by atoms with E-state index in [1.807, 2.05) is 18.3 Å². The summed E-state index contributed by atoms with van der Waals surface area (Å²) in [5, 5.41) is 7.00. The van der Waals surface area contributed by atoms with Crippen LogP contribution in [0.4, 0.5) is 0 Å². The Labute approximate surface area is 90.1 Å². The Morgan fingerprint density at radius 3 is 3.07 bits per heavy atom. The second-order valence-electron chi connectivity index (χ2n) is 3.10. The molecule has 0 aromatic carbocycles. The summed E-state index contributed by atoms with van der Waals surface area (Å²) in [7, 11) is 0. The fraction of sp³-hybridized carbons (Fsp3) is 0.250. The standard InChI is InChI=1S/C12H15N3/c1-2-7-14-8-4-11-5-9-15-12(10-11)3-6-13/h2,5-6,8-10,13H,1,3-4,7H2. The minimum absolute atomic E-state index is 0.595. The average Bonchev–Trinajstić information content (AvgIpc) is 2.26. The Kier molecular flexibility index (Phi) is 5.01. The van der Waals surface area contributed by atoms with Gasteiger partial charge in [-0.1, -0.05) is 6.08 Å². The van der Waals surface area contributed by atoms with E-state index in [1.54, 1.807) is 12.3 Å². The van der Waals surface area contributed by atoms with E-state index >= 15 is 0 Å². The summed E-state index contributed by atoms with van der Waals surface area (Å²) in [5.74, 6) is 0. The Balaban J connectivity index is 2.56. The van der Waals surface area contributed by atoms with Gasteiger partial charge < -0.3 is 5.41 Å². The van der Waals surface area contributed by atoms with Gasteiger partial charge in [0.15, 0.2) is 0 Å². The number of aromatic nitrogens is 1. The number of nitrogens with zero attached hydrogens (tertiary/aromatic N) is 2. The van der Waals surface area contributed by atoms with Gasteiger partial charge in [-0.25, -0.2) is 0 Å². The van der Waals surface area contributed by atoms with Crippen molar-refractivity contribution in [2.75, 3.05) is 6.54 Å². The van der Waals surface area contributed by atoms with Crippen LogP contribution in [-0.2, 0) is 12.8 Å². The molecule has 0 spiro atoms. The summed E-state index contributed by atoms with van der Waals surface area (Å²) in [6.45, 7) is 4.26. The fourth-order valence-electron chi connectivity index (χ4n) is 1.19. The van der Waals surface area contributed by atoms with Gasteiger partial charge in [0.25, 0.3) is 0 Å². The van der Waals surface area contributed by atoms with Crippen LogP contribution in [0.25, 0.3) is 0 Å². The van der Waals surface area contributed by atoms with Gasteiger partial charge in [-0.3, -0.25) is 9.98 Å². The molecule has 0 unspecified atom stereocenters. The van der Waals surface area contributed by atoms with Gasteiger partial charge in [-0.2, -0.15) is 0 Å². The largest absolute Gasteiger partial charge is 0.313 e. The third-order valence-corrected chi connectivity index (χ3v) is 1.88. The number of pyridine rings is 1. The molecule has 15 heavy (non-hydrogen) atoms. The molecule has 78 valence electrons.